The zero-order valence-electron chi connectivity index (χ0n) is 26.1. The lowest BCUT2D eigenvalue weighted by molar-refractivity contribution is -0.0391. The number of ether oxygens (including phenoxy) is 2. The average molecular weight is 659 g/mol. The number of nitrogens with one attached hydrogen (secondary N) is 1. The highest BCUT2D eigenvalue weighted by atomic mass is 32.2. The number of anilines is 1. The molecule has 0 radical (unpaired) electrons. The number of carbonyl (C=O) groups is 1. The Morgan fingerprint density at radius 3 is 2.59 bits per heavy atom. The van der Waals surface area contributed by atoms with Gasteiger partial charge in [0.05, 0.1) is 48.6 Å². The van der Waals surface area contributed by atoms with Crippen LogP contribution < -0.4 is 15.8 Å². The second-order valence-electron chi connectivity index (χ2n) is 12.3. The molecule has 4 atom stereocenters. The lowest BCUT2D eigenvalue weighted by Crippen LogP contribution is -2.47. The summed E-state index contributed by atoms with van der Waals surface area (Å²) in [5, 5.41) is 13.6. The van der Waals surface area contributed by atoms with Crippen LogP contribution in [0.5, 0.6) is 5.75 Å². The summed E-state index contributed by atoms with van der Waals surface area (Å²) in [7, 11) is -1.85. The van der Waals surface area contributed by atoms with E-state index < -0.39 is 38.7 Å². The van der Waals surface area contributed by atoms with Gasteiger partial charge >= 0.3 is 0 Å². The van der Waals surface area contributed by atoms with Crippen molar-refractivity contribution in [1.29, 1.82) is 0 Å². The summed E-state index contributed by atoms with van der Waals surface area (Å²) in [6.45, 7) is 2.10. The van der Waals surface area contributed by atoms with E-state index in [0.29, 0.717) is 36.9 Å². The van der Waals surface area contributed by atoms with Gasteiger partial charge in [-0.25, -0.2) is 22.2 Å². The first-order valence-corrected chi connectivity index (χ1v) is 17.5. The van der Waals surface area contributed by atoms with Crippen molar-refractivity contribution in [2.75, 3.05) is 31.0 Å². The van der Waals surface area contributed by atoms with Gasteiger partial charge in [-0.1, -0.05) is 13.3 Å². The fourth-order valence-electron chi connectivity index (χ4n) is 6.49. The predicted molar refractivity (Wildman–Crippen MR) is 169 cm³/mol. The first-order chi connectivity index (χ1) is 21.8. The number of nitrogens with two attached hydrogens (primary N) is 1. The molecule has 1 amide bonds. The Morgan fingerprint density at radius 2 is 1.93 bits per heavy atom. The Labute approximate surface area is 267 Å². The van der Waals surface area contributed by atoms with E-state index in [1.165, 1.54) is 31.7 Å². The van der Waals surface area contributed by atoms with Crippen LogP contribution in [-0.4, -0.2) is 67.3 Å². The number of halogens is 2. The minimum Gasteiger partial charge on any atom is -0.496 e. The number of sulfone groups is 1. The van der Waals surface area contributed by atoms with Gasteiger partial charge in [-0.2, -0.15) is 0 Å². The van der Waals surface area contributed by atoms with Crippen LogP contribution in [0.25, 0.3) is 11.3 Å². The van der Waals surface area contributed by atoms with Gasteiger partial charge < -0.3 is 25.6 Å². The van der Waals surface area contributed by atoms with Crippen LogP contribution in [0, 0.1) is 17.6 Å². The van der Waals surface area contributed by atoms with Gasteiger partial charge in [0.25, 0.3) is 5.91 Å². The summed E-state index contributed by atoms with van der Waals surface area (Å²) in [4.78, 5) is 21.9. The monoisotopic (exact) mass is 658 g/mol. The second kappa shape index (κ2) is 13.7. The summed E-state index contributed by atoms with van der Waals surface area (Å²) in [5.74, 6) is -2.40. The highest BCUT2D eigenvalue weighted by Crippen LogP contribution is 2.45. The molecule has 2 aliphatic rings. The summed E-state index contributed by atoms with van der Waals surface area (Å²) in [6, 6.07) is 6.35. The zero-order valence-corrected chi connectivity index (χ0v) is 26.9. The number of aromatic nitrogens is 2. The number of methoxy groups -OCH3 is 1. The van der Waals surface area contributed by atoms with Gasteiger partial charge in [0.15, 0.2) is 0 Å². The lowest BCUT2D eigenvalue weighted by Gasteiger charge is -2.40. The van der Waals surface area contributed by atoms with Crippen LogP contribution in [0.3, 0.4) is 0 Å². The molecule has 2 heterocycles. The molecule has 248 valence electrons. The molecule has 0 aliphatic heterocycles. The van der Waals surface area contributed by atoms with Gasteiger partial charge in [0.1, 0.15) is 38.6 Å². The second-order valence-corrected chi connectivity index (χ2v) is 14.6. The van der Waals surface area contributed by atoms with Crippen molar-refractivity contribution in [1.82, 2.24) is 9.97 Å². The van der Waals surface area contributed by atoms with Crippen LogP contribution in [0.1, 0.15) is 73.0 Å². The molecule has 4 N–H and O–H groups in total. The number of benzene rings is 1. The van der Waals surface area contributed by atoms with E-state index in [0.717, 1.165) is 30.5 Å². The lowest BCUT2D eigenvalue weighted by atomic mass is 9.73. The SMILES string of the molecule is CCC1CC(c2ccncc2NC(=O)c2ccc(F)c(-c3c(F)cc(C4(O)CCC4)cc3OC)n2)CC(N)C1OCCS(C)(=O)=O. The highest BCUT2D eigenvalue weighted by Gasteiger charge is 2.39. The molecule has 0 saturated heterocycles. The molecular weight excluding hydrogens is 618 g/mol. The Balaban J connectivity index is 1.37. The number of carbonyl (C=O) groups excluding carboxylic acids is 1. The van der Waals surface area contributed by atoms with Crippen molar-refractivity contribution in [3.63, 3.8) is 0 Å². The third-order valence-corrected chi connectivity index (χ3v) is 10.1. The van der Waals surface area contributed by atoms with Crippen LogP contribution in [0.15, 0.2) is 42.7 Å². The van der Waals surface area contributed by atoms with E-state index in [4.69, 9.17) is 15.2 Å². The van der Waals surface area contributed by atoms with E-state index in [1.807, 2.05) is 13.0 Å². The fourth-order valence-corrected chi connectivity index (χ4v) is 6.89. The first-order valence-electron chi connectivity index (χ1n) is 15.4. The van der Waals surface area contributed by atoms with Crippen molar-refractivity contribution in [2.24, 2.45) is 11.7 Å². The van der Waals surface area contributed by atoms with Gasteiger partial charge in [0.2, 0.25) is 0 Å². The number of amides is 1. The van der Waals surface area contributed by atoms with E-state index in [2.05, 4.69) is 15.3 Å². The molecule has 2 aliphatic carbocycles. The molecule has 2 fully saturated rings. The smallest absolute Gasteiger partial charge is 0.274 e. The molecule has 46 heavy (non-hydrogen) atoms. The molecule has 3 aromatic rings. The maximum atomic E-state index is 15.5. The summed E-state index contributed by atoms with van der Waals surface area (Å²) in [5.41, 5.74) is 6.18. The van der Waals surface area contributed by atoms with E-state index in [-0.39, 0.29) is 53.3 Å². The summed E-state index contributed by atoms with van der Waals surface area (Å²) < 4.78 is 65.1. The van der Waals surface area contributed by atoms with Crippen LogP contribution in [0.4, 0.5) is 14.5 Å². The number of aliphatic hydroxyl groups is 1. The zero-order chi connectivity index (χ0) is 33.2. The van der Waals surface area contributed by atoms with E-state index in [9.17, 15) is 18.3 Å². The molecular formula is C33H40F2N4O6S. The van der Waals surface area contributed by atoms with Crippen LogP contribution in [-0.2, 0) is 20.2 Å². The fraction of sp³-hybridized carbons (Fsp3) is 0.485. The van der Waals surface area contributed by atoms with Crippen LogP contribution in [0.2, 0.25) is 0 Å². The molecule has 4 unspecified atom stereocenters. The number of nitrogens with zero attached hydrogens (tertiary/aromatic N) is 2. The normalized spacial score (nSPS) is 22.6. The quantitative estimate of drug-likeness (QED) is 0.266. The number of hydrogen-bond acceptors (Lipinski definition) is 9. The maximum Gasteiger partial charge on any atom is 0.274 e. The van der Waals surface area contributed by atoms with E-state index in [1.54, 1.807) is 6.20 Å². The highest BCUT2D eigenvalue weighted by molar-refractivity contribution is 7.90. The molecule has 10 nitrogen and oxygen atoms in total. The molecule has 5 rings (SSSR count). The third kappa shape index (κ3) is 7.22. The average Bonchev–Trinajstić information content (AvgIpc) is 3.00. The van der Waals surface area contributed by atoms with Crippen molar-refractivity contribution in [3.05, 3.63) is 71.2 Å². The summed E-state index contributed by atoms with van der Waals surface area (Å²) in [6.07, 6.45) is 7.79. The molecule has 1 aromatic carbocycles. The van der Waals surface area contributed by atoms with Gasteiger partial charge in [0, 0.05) is 18.5 Å². The van der Waals surface area contributed by atoms with Gasteiger partial charge in [-0.3, -0.25) is 9.78 Å². The molecule has 13 heteroatoms. The van der Waals surface area contributed by atoms with Gasteiger partial charge in [-0.05, 0) is 85.4 Å². The molecule has 2 aromatic heterocycles. The van der Waals surface area contributed by atoms with Crippen LogP contribution >= 0.6 is 0 Å². The third-order valence-electron chi connectivity index (χ3n) is 9.17. The minimum atomic E-state index is -3.17. The van der Waals surface area contributed by atoms with Crippen molar-refractivity contribution < 1.29 is 36.6 Å². The number of rotatable bonds is 11. The Kier molecular flexibility index (Phi) is 10.1. The standard InChI is InChI=1S/C33H40F2N4O6S/c1-4-19-14-20(15-25(36)31(19)45-12-13-46(3,42)43)22-8-11-37-18-27(22)39-32(40)26-7-6-23(34)30(38-26)29-24(35)16-21(17-28(29)44-2)33(41)9-5-10-33/h6-8,11,16-20,25,31,41H,4-5,9-10,12-15,36H2,1-3H3,(H,39,40). The van der Waals surface area contributed by atoms with Crippen molar-refractivity contribution >= 4 is 21.4 Å². The molecule has 0 bridgehead atoms. The number of hydrogen-bond donors (Lipinski definition) is 3. The predicted octanol–water partition coefficient (Wildman–Crippen LogP) is 4.71. The van der Waals surface area contributed by atoms with Crippen molar-refractivity contribution in [2.45, 2.75) is 69.1 Å². The largest absolute Gasteiger partial charge is 0.496 e. The Hall–Kier alpha value is -3.52. The molecule has 2 saturated carbocycles. The van der Waals surface area contributed by atoms with Gasteiger partial charge in [-0.15, -0.1) is 0 Å². The van der Waals surface area contributed by atoms with E-state index >= 15 is 8.78 Å². The maximum absolute atomic E-state index is 15.5. The first kappa shape index (κ1) is 33.8. The Bertz CT molecular complexity index is 1700. The van der Waals surface area contributed by atoms with Crippen molar-refractivity contribution in [3.8, 4) is 17.0 Å². The minimum absolute atomic E-state index is 0.00783. The molecule has 0 spiro atoms. The summed E-state index contributed by atoms with van der Waals surface area (Å²) >= 11 is 0. The Morgan fingerprint density at radius 1 is 1.17 bits per heavy atom. The topological polar surface area (TPSA) is 154 Å². The number of pyridine rings is 2.